The van der Waals surface area contributed by atoms with Gasteiger partial charge in [-0.3, -0.25) is 4.31 Å². The number of rotatable bonds is 5. The van der Waals surface area contributed by atoms with E-state index < -0.39 is 27.7 Å². The second-order valence-corrected chi connectivity index (χ2v) is 7.55. The Morgan fingerprint density at radius 2 is 1.81 bits per heavy atom. The third-order valence-electron chi connectivity index (χ3n) is 3.95. The Kier molecular flexibility index (Phi) is 5.84. The molecule has 0 saturated heterocycles. The van der Waals surface area contributed by atoms with Crippen LogP contribution in [0.15, 0.2) is 47.4 Å². The van der Waals surface area contributed by atoms with Crippen LogP contribution in [0.2, 0.25) is 0 Å². The van der Waals surface area contributed by atoms with Gasteiger partial charge in [-0.15, -0.1) is 0 Å². The first kappa shape index (κ1) is 20.8. The number of carbonyl (C=O) groups is 1. The second kappa shape index (κ2) is 7.59. The summed E-state index contributed by atoms with van der Waals surface area (Å²) >= 11 is 0. The molecule has 0 aliphatic carbocycles. The number of aryl methyl sites for hydroxylation is 1. The molecule has 0 spiro atoms. The Morgan fingerprint density at radius 3 is 2.37 bits per heavy atom. The predicted octanol–water partition coefficient (Wildman–Crippen LogP) is 4.02. The highest BCUT2D eigenvalue weighted by Gasteiger charge is 2.32. The summed E-state index contributed by atoms with van der Waals surface area (Å²) in [7, 11) is -3.02. The summed E-state index contributed by atoms with van der Waals surface area (Å²) in [6.07, 6.45) is -4.60. The SMILES string of the molecule is CCN(c1cccc(C(F)(F)F)c1)S(=O)(=O)c1ccc(C)c(C(=O)OC)c1. The summed E-state index contributed by atoms with van der Waals surface area (Å²) in [6.45, 7) is 3.03. The van der Waals surface area contributed by atoms with Gasteiger partial charge in [0.2, 0.25) is 0 Å². The number of methoxy groups -OCH3 is 1. The fourth-order valence-electron chi connectivity index (χ4n) is 2.55. The van der Waals surface area contributed by atoms with Crippen molar-refractivity contribution in [2.75, 3.05) is 18.0 Å². The molecule has 0 aliphatic rings. The van der Waals surface area contributed by atoms with E-state index in [2.05, 4.69) is 4.74 Å². The van der Waals surface area contributed by atoms with Gasteiger partial charge in [-0.2, -0.15) is 13.2 Å². The van der Waals surface area contributed by atoms with Crippen LogP contribution >= 0.6 is 0 Å². The quantitative estimate of drug-likeness (QED) is 0.710. The lowest BCUT2D eigenvalue weighted by Crippen LogP contribution is -2.31. The van der Waals surface area contributed by atoms with Crippen LogP contribution in [0, 0.1) is 6.92 Å². The number of hydrogen-bond donors (Lipinski definition) is 0. The minimum absolute atomic E-state index is 0.0682. The fraction of sp³-hybridized carbons (Fsp3) is 0.278. The molecule has 0 aromatic heterocycles. The molecule has 9 heteroatoms. The van der Waals surface area contributed by atoms with Crippen molar-refractivity contribution >= 4 is 21.7 Å². The molecule has 0 heterocycles. The van der Waals surface area contributed by atoms with Gasteiger partial charge < -0.3 is 4.74 Å². The van der Waals surface area contributed by atoms with E-state index in [1.807, 2.05) is 0 Å². The van der Waals surface area contributed by atoms with E-state index in [0.717, 1.165) is 28.6 Å². The van der Waals surface area contributed by atoms with Gasteiger partial charge >= 0.3 is 12.1 Å². The Morgan fingerprint density at radius 1 is 1.15 bits per heavy atom. The number of benzene rings is 2. The first-order valence-corrected chi connectivity index (χ1v) is 9.35. The topological polar surface area (TPSA) is 63.7 Å². The summed E-state index contributed by atoms with van der Waals surface area (Å²) in [5.41, 5.74) is -0.484. The van der Waals surface area contributed by atoms with E-state index in [1.54, 1.807) is 6.92 Å². The van der Waals surface area contributed by atoms with Crippen LogP contribution in [-0.4, -0.2) is 28.0 Å². The highest BCUT2D eigenvalue weighted by molar-refractivity contribution is 7.92. The maximum absolute atomic E-state index is 13.0. The van der Waals surface area contributed by atoms with Gasteiger partial charge in [0.05, 0.1) is 28.8 Å². The van der Waals surface area contributed by atoms with Crippen LogP contribution in [0.3, 0.4) is 0 Å². The molecule has 0 unspecified atom stereocenters. The number of hydrogen-bond acceptors (Lipinski definition) is 4. The number of anilines is 1. The molecule has 2 aromatic rings. The molecule has 0 atom stereocenters. The van der Waals surface area contributed by atoms with E-state index in [1.165, 1.54) is 32.2 Å². The van der Waals surface area contributed by atoms with E-state index in [-0.39, 0.29) is 22.7 Å². The van der Waals surface area contributed by atoms with Crippen LogP contribution < -0.4 is 4.31 Å². The second-order valence-electron chi connectivity index (χ2n) is 5.69. The first-order valence-electron chi connectivity index (χ1n) is 7.91. The van der Waals surface area contributed by atoms with Crippen LogP contribution in [0.5, 0.6) is 0 Å². The molecule has 0 fully saturated rings. The van der Waals surface area contributed by atoms with Crippen molar-refractivity contribution in [1.29, 1.82) is 0 Å². The minimum Gasteiger partial charge on any atom is -0.465 e. The van der Waals surface area contributed by atoms with Crippen molar-refractivity contribution < 1.29 is 31.1 Å². The smallest absolute Gasteiger partial charge is 0.416 e. The normalized spacial score (nSPS) is 11.9. The molecule has 2 rings (SSSR count). The number of ether oxygens (including phenoxy) is 1. The van der Waals surface area contributed by atoms with Gasteiger partial charge in [0.15, 0.2) is 0 Å². The zero-order valence-corrected chi connectivity index (χ0v) is 15.7. The van der Waals surface area contributed by atoms with Crippen LogP contribution in [-0.2, 0) is 20.9 Å². The fourth-order valence-corrected chi connectivity index (χ4v) is 4.04. The zero-order valence-electron chi connectivity index (χ0n) is 14.9. The monoisotopic (exact) mass is 401 g/mol. The zero-order chi connectivity index (χ0) is 20.4. The number of carbonyl (C=O) groups excluding carboxylic acids is 1. The van der Waals surface area contributed by atoms with Gasteiger partial charge in [0, 0.05) is 6.54 Å². The highest BCUT2D eigenvalue weighted by Crippen LogP contribution is 2.33. The number of esters is 1. The lowest BCUT2D eigenvalue weighted by atomic mass is 10.1. The summed E-state index contributed by atoms with van der Waals surface area (Å²) in [5.74, 6) is -0.702. The maximum atomic E-state index is 13.0. The van der Waals surface area contributed by atoms with Gasteiger partial charge in [-0.05, 0) is 49.7 Å². The lowest BCUT2D eigenvalue weighted by Gasteiger charge is -2.24. The Hall–Kier alpha value is -2.55. The third kappa shape index (κ3) is 4.24. The molecular weight excluding hydrogens is 383 g/mol. The van der Waals surface area contributed by atoms with Crippen molar-refractivity contribution in [1.82, 2.24) is 0 Å². The first-order chi connectivity index (χ1) is 12.5. The summed E-state index contributed by atoms with van der Waals surface area (Å²) < 4.78 is 70.4. The van der Waals surface area contributed by atoms with E-state index in [9.17, 15) is 26.4 Å². The molecule has 0 bridgehead atoms. The average molecular weight is 401 g/mol. The van der Waals surface area contributed by atoms with Crippen molar-refractivity contribution in [3.63, 3.8) is 0 Å². The molecule has 0 aliphatic heterocycles. The van der Waals surface area contributed by atoms with Crippen molar-refractivity contribution in [2.24, 2.45) is 0 Å². The average Bonchev–Trinajstić information content (AvgIpc) is 2.61. The molecule has 0 radical (unpaired) electrons. The standard InChI is InChI=1S/C18H18F3NO4S/c1-4-22(14-7-5-6-13(10-14)18(19,20)21)27(24,25)15-9-8-12(2)16(11-15)17(23)26-3/h5-11H,4H2,1-3H3. The molecule has 27 heavy (non-hydrogen) atoms. The van der Waals surface area contributed by atoms with Crippen molar-refractivity contribution in [2.45, 2.75) is 24.9 Å². The lowest BCUT2D eigenvalue weighted by molar-refractivity contribution is -0.137. The predicted molar refractivity (Wildman–Crippen MR) is 94.2 cm³/mol. The van der Waals surface area contributed by atoms with E-state index >= 15 is 0 Å². The largest absolute Gasteiger partial charge is 0.465 e. The maximum Gasteiger partial charge on any atom is 0.416 e. The third-order valence-corrected chi connectivity index (χ3v) is 5.85. The number of nitrogens with zero attached hydrogens (tertiary/aromatic N) is 1. The van der Waals surface area contributed by atoms with Crippen LogP contribution in [0.4, 0.5) is 18.9 Å². The number of sulfonamides is 1. The minimum atomic E-state index is -4.60. The van der Waals surface area contributed by atoms with Gasteiger partial charge in [-0.1, -0.05) is 12.1 Å². The number of alkyl halides is 3. The Labute approximate surface area is 155 Å². The molecule has 146 valence electrons. The summed E-state index contributed by atoms with van der Waals surface area (Å²) in [5, 5.41) is 0. The van der Waals surface area contributed by atoms with E-state index in [0.29, 0.717) is 5.56 Å². The highest BCUT2D eigenvalue weighted by atomic mass is 32.2. The van der Waals surface area contributed by atoms with Gasteiger partial charge in [0.1, 0.15) is 0 Å². The Balaban J connectivity index is 2.56. The summed E-state index contributed by atoms with van der Waals surface area (Å²) in [6, 6.07) is 7.97. The molecule has 0 saturated carbocycles. The summed E-state index contributed by atoms with van der Waals surface area (Å²) in [4.78, 5) is 11.6. The van der Waals surface area contributed by atoms with Crippen molar-refractivity contribution in [3.8, 4) is 0 Å². The van der Waals surface area contributed by atoms with Crippen LogP contribution in [0.25, 0.3) is 0 Å². The van der Waals surface area contributed by atoms with Gasteiger partial charge in [0.25, 0.3) is 10.0 Å². The van der Waals surface area contributed by atoms with Gasteiger partial charge in [-0.25, -0.2) is 13.2 Å². The van der Waals surface area contributed by atoms with Crippen molar-refractivity contribution in [3.05, 3.63) is 59.2 Å². The van der Waals surface area contributed by atoms with E-state index in [4.69, 9.17) is 0 Å². The molecule has 0 N–H and O–H groups in total. The number of halogens is 3. The van der Waals surface area contributed by atoms with Crippen LogP contribution in [0.1, 0.15) is 28.4 Å². The molecular formula is C18H18F3NO4S. The molecule has 5 nitrogen and oxygen atoms in total. The Bertz CT molecular complexity index is 955. The molecule has 2 aromatic carbocycles. The molecule has 0 amide bonds.